The molecule has 1 aromatic rings. The number of rotatable bonds is 11. The van der Waals surface area contributed by atoms with Crippen molar-refractivity contribution < 1.29 is 23.5 Å². The van der Waals surface area contributed by atoms with Gasteiger partial charge in [-0.25, -0.2) is 0 Å². The lowest BCUT2D eigenvalue weighted by atomic mass is 10.1. The van der Waals surface area contributed by atoms with Crippen molar-refractivity contribution in [1.82, 2.24) is 0 Å². The third kappa shape index (κ3) is 6.17. The molecule has 0 atom stereocenters. The second-order valence-electron chi connectivity index (χ2n) is 4.94. The topological polar surface area (TPSA) is 68.2 Å². The van der Waals surface area contributed by atoms with Gasteiger partial charge < -0.3 is 23.5 Å². The molecule has 0 spiro atoms. The van der Waals surface area contributed by atoms with Crippen LogP contribution in [-0.4, -0.2) is 51.9 Å². The Hall–Kier alpha value is -0.733. The number of hydrogen-bond acceptors (Lipinski definition) is 6. The highest BCUT2D eigenvalue weighted by atomic mass is 32.2. The van der Waals surface area contributed by atoms with Gasteiger partial charge in [-0.3, -0.25) is 0 Å². The molecular weight excluding hydrogens is 320 g/mol. The third-order valence-electron chi connectivity index (χ3n) is 3.50. The molecule has 0 heterocycles. The first-order chi connectivity index (χ1) is 10.6. The average molecular weight is 347 g/mol. The van der Waals surface area contributed by atoms with Gasteiger partial charge in [0.1, 0.15) is 0 Å². The fourth-order valence-corrected chi connectivity index (χ4v) is 5.03. The lowest BCUT2D eigenvalue weighted by Crippen LogP contribution is -2.42. The molecule has 0 saturated carbocycles. The molecule has 7 heteroatoms. The fourth-order valence-electron chi connectivity index (χ4n) is 2.15. The maximum Gasteiger partial charge on any atom is 0.500 e. The summed E-state index contributed by atoms with van der Waals surface area (Å²) >= 11 is 1.90. The number of phenols is 2. The smallest absolute Gasteiger partial charge is 0.500 e. The minimum absolute atomic E-state index is 0.0508. The van der Waals surface area contributed by atoms with Gasteiger partial charge in [-0.05, 0) is 48.5 Å². The van der Waals surface area contributed by atoms with Crippen molar-refractivity contribution in [3.05, 3.63) is 23.8 Å². The number of aromatic hydroxyl groups is 2. The Morgan fingerprint density at radius 2 is 1.59 bits per heavy atom. The van der Waals surface area contributed by atoms with Gasteiger partial charge >= 0.3 is 8.80 Å². The minimum Gasteiger partial charge on any atom is -0.504 e. The van der Waals surface area contributed by atoms with Crippen LogP contribution in [0.5, 0.6) is 11.5 Å². The zero-order chi connectivity index (χ0) is 16.4. The lowest BCUT2D eigenvalue weighted by Gasteiger charge is -2.24. The molecule has 0 aliphatic heterocycles. The number of thioether (sulfide) groups is 1. The molecule has 0 unspecified atom stereocenters. The largest absolute Gasteiger partial charge is 0.504 e. The molecule has 0 aliphatic carbocycles. The minimum atomic E-state index is -2.42. The van der Waals surface area contributed by atoms with Crippen molar-refractivity contribution in [3.63, 3.8) is 0 Å². The van der Waals surface area contributed by atoms with Gasteiger partial charge in [-0.2, -0.15) is 11.8 Å². The van der Waals surface area contributed by atoms with Gasteiger partial charge in [0.25, 0.3) is 0 Å². The zero-order valence-electron chi connectivity index (χ0n) is 13.5. The summed E-state index contributed by atoms with van der Waals surface area (Å²) in [4.78, 5) is 0. The molecule has 126 valence electrons. The van der Waals surface area contributed by atoms with Gasteiger partial charge in [-0.1, -0.05) is 6.07 Å². The zero-order valence-corrected chi connectivity index (χ0v) is 15.3. The van der Waals surface area contributed by atoms with Gasteiger partial charge in [0.2, 0.25) is 0 Å². The van der Waals surface area contributed by atoms with Crippen LogP contribution in [-0.2, 0) is 19.7 Å². The lowest BCUT2D eigenvalue weighted by molar-refractivity contribution is 0.123. The van der Waals surface area contributed by atoms with Crippen LogP contribution < -0.4 is 0 Å². The highest BCUT2D eigenvalue weighted by Crippen LogP contribution is 2.25. The molecule has 0 amide bonds. The molecule has 2 N–H and O–H groups in total. The summed E-state index contributed by atoms with van der Waals surface area (Å²) in [6.45, 7) is 0. The summed E-state index contributed by atoms with van der Waals surface area (Å²) in [5.74, 6) is 1.99. The van der Waals surface area contributed by atoms with Crippen molar-refractivity contribution in [2.75, 3.05) is 32.8 Å². The van der Waals surface area contributed by atoms with Crippen LogP contribution in [0.2, 0.25) is 6.04 Å². The summed E-state index contributed by atoms with van der Waals surface area (Å²) in [5, 5.41) is 18.7. The van der Waals surface area contributed by atoms with Gasteiger partial charge in [-0.15, -0.1) is 0 Å². The molecule has 0 saturated heterocycles. The highest BCUT2D eigenvalue weighted by Gasteiger charge is 2.36. The predicted molar refractivity (Wildman–Crippen MR) is 91.6 cm³/mol. The first-order valence-corrected chi connectivity index (χ1v) is 10.4. The standard InChI is InChI=1S/C15H26O5SSi/c1-18-22(19-2,20-3)11-5-10-21-9-4-6-13-7-8-14(16)15(17)12-13/h7-8,12,16-17H,4-6,9-11H2,1-3H3. The van der Waals surface area contributed by atoms with E-state index in [0.717, 1.165) is 42.4 Å². The van der Waals surface area contributed by atoms with Crippen molar-refractivity contribution in [3.8, 4) is 11.5 Å². The van der Waals surface area contributed by atoms with Crippen molar-refractivity contribution >= 4 is 20.6 Å². The van der Waals surface area contributed by atoms with E-state index in [1.54, 1.807) is 27.4 Å². The maximum atomic E-state index is 9.43. The van der Waals surface area contributed by atoms with E-state index in [2.05, 4.69) is 0 Å². The summed E-state index contributed by atoms with van der Waals surface area (Å²) in [7, 11) is 2.50. The van der Waals surface area contributed by atoms with Crippen LogP contribution in [0.25, 0.3) is 0 Å². The van der Waals surface area contributed by atoms with E-state index in [1.807, 2.05) is 17.8 Å². The Kier molecular flexibility index (Phi) is 8.88. The summed E-state index contributed by atoms with van der Waals surface area (Å²) in [6.07, 6.45) is 2.94. The average Bonchev–Trinajstić information content (AvgIpc) is 2.54. The molecule has 0 aliphatic rings. The molecule has 0 fully saturated rings. The number of hydrogen-bond donors (Lipinski definition) is 2. The van der Waals surface area contributed by atoms with Gasteiger partial charge in [0, 0.05) is 27.4 Å². The normalized spacial score (nSPS) is 11.8. The van der Waals surface area contributed by atoms with E-state index in [4.69, 9.17) is 13.3 Å². The first-order valence-electron chi connectivity index (χ1n) is 7.31. The monoisotopic (exact) mass is 346 g/mol. The number of aryl methyl sites for hydroxylation is 1. The van der Waals surface area contributed by atoms with Crippen molar-refractivity contribution in [1.29, 1.82) is 0 Å². The van der Waals surface area contributed by atoms with Crippen molar-refractivity contribution in [2.45, 2.75) is 25.3 Å². The molecule has 5 nitrogen and oxygen atoms in total. The molecule has 0 bridgehead atoms. The number of phenolic OH excluding ortho intramolecular Hbond substituents is 2. The van der Waals surface area contributed by atoms with E-state index < -0.39 is 8.80 Å². The van der Waals surface area contributed by atoms with E-state index in [-0.39, 0.29) is 11.5 Å². The summed E-state index contributed by atoms with van der Waals surface area (Å²) in [6, 6.07) is 5.82. The van der Waals surface area contributed by atoms with E-state index in [9.17, 15) is 10.2 Å². The first kappa shape index (κ1) is 19.3. The quantitative estimate of drug-likeness (QED) is 0.365. The Bertz CT molecular complexity index is 432. The van der Waals surface area contributed by atoms with Crippen LogP contribution >= 0.6 is 11.8 Å². The summed E-state index contributed by atoms with van der Waals surface area (Å²) in [5.41, 5.74) is 1.04. The Morgan fingerprint density at radius 1 is 0.955 bits per heavy atom. The third-order valence-corrected chi connectivity index (χ3v) is 7.49. The second kappa shape index (κ2) is 10.1. The predicted octanol–water partition coefficient (Wildman–Crippen LogP) is 3.03. The second-order valence-corrected chi connectivity index (χ2v) is 9.25. The molecule has 0 radical (unpaired) electrons. The van der Waals surface area contributed by atoms with Gasteiger partial charge in [0.05, 0.1) is 0 Å². The molecular formula is C15H26O5SSi. The van der Waals surface area contributed by atoms with Crippen LogP contribution in [0.15, 0.2) is 18.2 Å². The van der Waals surface area contributed by atoms with Crippen LogP contribution in [0.3, 0.4) is 0 Å². The van der Waals surface area contributed by atoms with E-state index in [0.29, 0.717) is 0 Å². The van der Waals surface area contributed by atoms with Crippen LogP contribution in [0, 0.1) is 0 Å². The van der Waals surface area contributed by atoms with Gasteiger partial charge in [0.15, 0.2) is 11.5 Å². The number of benzene rings is 1. The molecule has 22 heavy (non-hydrogen) atoms. The van der Waals surface area contributed by atoms with Crippen molar-refractivity contribution in [2.24, 2.45) is 0 Å². The van der Waals surface area contributed by atoms with E-state index >= 15 is 0 Å². The molecule has 0 aromatic heterocycles. The Labute approximate surface area is 138 Å². The SMILES string of the molecule is CO[Si](CCCSCCCc1ccc(O)c(O)c1)(OC)OC. The maximum absolute atomic E-state index is 9.43. The van der Waals surface area contributed by atoms with Crippen LogP contribution in [0.4, 0.5) is 0 Å². The Morgan fingerprint density at radius 3 is 2.18 bits per heavy atom. The summed E-state index contributed by atoms with van der Waals surface area (Å²) < 4.78 is 16.2. The Balaban J connectivity index is 2.14. The molecule has 1 aromatic carbocycles. The fraction of sp³-hybridized carbons (Fsp3) is 0.600. The van der Waals surface area contributed by atoms with E-state index in [1.165, 1.54) is 6.07 Å². The highest BCUT2D eigenvalue weighted by molar-refractivity contribution is 7.99. The van der Waals surface area contributed by atoms with Crippen LogP contribution in [0.1, 0.15) is 18.4 Å². The molecule has 1 rings (SSSR count).